The van der Waals surface area contributed by atoms with E-state index in [-0.39, 0.29) is 48.7 Å². The number of amides is 1. The molecule has 5 N–H and O–H groups in total. The van der Waals surface area contributed by atoms with Crippen molar-refractivity contribution in [2.75, 3.05) is 26.6 Å². The number of hydrogen-bond acceptors (Lipinski definition) is 13. The number of nitrogen functional groups attached to an aromatic ring is 1. The summed E-state index contributed by atoms with van der Waals surface area (Å²) in [4.78, 5) is 41.7. The van der Waals surface area contributed by atoms with Crippen LogP contribution in [0.3, 0.4) is 0 Å². The maximum atomic E-state index is 14.3. The summed E-state index contributed by atoms with van der Waals surface area (Å²) in [5.74, 6) is 0.267. The number of ether oxygens (including phenoxy) is 5. The number of aliphatic hydroxyl groups is 1. The lowest BCUT2D eigenvalue weighted by Crippen LogP contribution is -2.46. The quantitative estimate of drug-likeness (QED) is 0.118. The molecule has 4 aromatic carbocycles. The van der Waals surface area contributed by atoms with E-state index in [4.69, 9.17) is 33.9 Å². The van der Waals surface area contributed by atoms with Crippen molar-refractivity contribution >= 4 is 20.0 Å². The van der Waals surface area contributed by atoms with Gasteiger partial charge in [-0.15, -0.1) is 0 Å². The van der Waals surface area contributed by atoms with Gasteiger partial charge in [0, 0.05) is 29.4 Å². The SMILES string of the molecule is COc1cc(COC2(c3ccc(OC[C@H]4O[C@@H](n5ccc(N)nc5=O)[C@H](O)[C@@H]4O[PH](=O)O)cc3)c3ccccc3C(=O)N2Cc2ccccc2)cc(OC)c1O. The highest BCUT2D eigenvalue weighted by atomic mass is 31.1. The Bertz CT molecular complexity index is 2270. The average molecular weight is 787 g/mol. The van der Waals surface area contributed by atoms with Crippen molar-refractivity contribution in [3.05, 3.63) is 142 Å². The van der Waals surface area contributed by atoms with Crippen LogP contribution >= 0.6 is 8.25 Å². The van der Waals surface area contributed by atoms with Crippen LogP contribution in [0, 0.1) is 0 Å². The summed E-state index contributed by atoms with van der Waals surface area (Å²) in [5, 5.41) is 21.6. The van der Waals surface area contributed by atoms with Gasteiger partial charge in [-0.1, -0.05) is 60.7 Å². The number of nitrogens with two attached hydrogens (primary N) is 1. The summed E-state index contributed by atoms with van der Waals surface area (Å²) in [6.45, 7) is -0.0977. The minimum atomic E-state index is -3.54. The van der Waals surface area contributed by atoms with E-state index in [9.17, 15) is 29.3 Å². The van der Waals surface area contributed by atoms with Gasteiger partial charge in [-0.3, -0.25) is 18.8 Å². The molecule has 2 aliphatic heterocycles. The molecule has 1 amide bonds. The second-order valence-electron chi connectivity index (χ2n) is 13.0. The summed E-state index contributed by atoms with van der Waals surface area (Å²) in [6, 6.07) is 28.2. The molecule has 1 fully saturated rings. The molecule has 2 unspecified atom stereocenters. The molecule has 1 saturated heterocycles. The fraction of sp³-hybridized carbons (Fsp3) is 0.256. The lowest BCUT2D eigenvalue weighted by Gasteiger charge is -2.40. The predicted octanol–water partition coefficient (Wildman–Crippen LogP) is 3.73. The number of anilines is 1. The van der Waals surface area contributed by atoms with Crippen LogP contribution in [0.15, 0.2) is 108 Å². The van der Waals surface area contributed by atoms with Crippen LogP contribution in [0.5, 0.6) is 23.0 Å². The van der Waals surface area contributed by atoms with Crippen LogP contribution in [0.2, 0.25) is 0 Å². The van der Waals surface area contributed by atoms with Crippen molar-refractivity contribution in [3.63, 3.8) is 0 Å². The van der Waals surface area contributed by atoms with Gasteiger partial charge in [-0.25, -0.2) is 4.79 Å². The molecule has 0 radical (unpaired) electrons. The number of nitrogens with zero attached hydrogens (tertiary/aromatic N) is 3. The number of rotatable bonds is 14. The monoisotopic (exact) mass is 786 g/mol. The predicted molar refractivity (Wildman–Crippen MR) is 200 cm³/mol. The number of benzene rings is 4. The van der Waals surface area contributed by atoms with E-state index in [2.05, 4.69) is 4.98 Å². The van der Waals surface area contributed by atoms with Crippen LogP contribution in [0.25, 0.3) is 0 Å². The highest BCUT2D eigenvalue weighted by Crippen LogP contribution is 2.48. The van der Waals surface area contributed by atoms with Crippen molar-refractivity contribution in [2.45, 2.75) is 43.4 Å². The molecule has 7 rings (SSSR count). The number of carbonyl (C=O) groups is 1. The van der Waals surface area contributed by atoms with Gasteiger partial charge in [-0.05, 0) is 47.5 Å². The third-order valence-corrected chi connectivity index (χ3v) is 10.1. The number of aromatic nitrogens is 2. The van der Waals surface area contributed by atoms with Crippen molar-refractivity contribution in [2.24, 2.45) is 0 Å². The second-order valence-corrected chi connectivity index (χ2v) is 13.8. The van der Waals surface area contributed by atoms with E-state index < -0.39 is 44.2 Å². The summed E-state index contributed by atoms with van der Waals surface area (Å²) < 4.78 is 47.5. The number of fused-ring (bicyclic) bond motifs is 1. The molecule has 0 saturated carbocycles. The van der Waals surface area contributed by atoms with E-state index in [0.29, 0.717) is 28.0 Å². The van der Waals surface area contributed by atoms with Gasteiger partial charge < -0.3 is 49.0 Å². The Hall–Kier alpha value is -5.74. The Kier molecular flexibility index (Phi) is 11.1. The van der Waals surface area contributed by atoms with Crippen molar-refractivity contribution in [3.8, 4) is 23.0 Å². The Balaban J connectivity index is 1.22. The molecule has 0 aliphatic carbocycles. The first-order chi connectivity index (χ1) is 27.0. The first-order valence-electron chi connectivity index (χ1n) is 17.4. The van der Waals surface area contributed by atoms with Gasteiger partial charge in [-0.2, -0.15) is 4.98 Å². The summed E-state index contributed by atoms with van der Waals surface area (Å²) in [6.07, 6.45) is -3.97. The molecule has 0 bridgehead atoms. The molecule has 2 aliphatic rings. The molecule has 56 heavy (non-hydrogen) atoms. The standard InChI is InChI=1S/C39H39N4O12P/c1-50-29-18-24(19-30(51-2)33(29)44)21-53-39(28-11-7-6-10-27(28)36(46)43(39)20-23-8-4-3-5-9-23)25-12-14-26(15-13-25)52-22-31-35(55-56(48)49)34(45)37(54-31)42-17-16-32(40)41-38(42)47/h3-19,31,34-35,37,44-45,56H,20-22H2,1-2H3,(H,48,49)(H2,40,41,47)/t31-,34-,35-,37-,39?/m1/s1. The van der Waals surface area contributed by atoms with E-state index in [1.165, 1.54) is 26.5 Å². The van der Waals surface area contributed by atoms with E-state index >= 15 is 0 Å². The zero-order valence-electron chi connectivity index (χ0n) is 30.2. The molecule has 1 aromatic heterocycles. The van der Waals surface area contributed by atoms with E-state index in [1.807, 2.05) is 42.5 Å². The van der Waals surface area contributed by atoms with Crippen LogP contribution in [-0.2, 0) is 37.4 Å². The highest BCUT2D eigenvalue weighted by Gasteiger charge is 2.52. The molecular formula is C39H39N4O12P. The van der Waals surface area contributed by atoms with Gasteiger partial charge in [0.25, 0.3) is 5.91 Å². The Morgan fingerprint density at radius 1 is 0.929 bits per heavy atom. The second kappa shape index (κ2) is 16.2. The highest BCUT2D eigenvalue weighted by molar-refractivity contribution is 7.32. The zero-order valence-corrected chi connectivity index (χ0v) is 31.2. The zero-order chi connectivity index (χ0) is 39.6. The van der Waals surface area contributed by atoms with E-state index in [1.54, 1.807) is 53.4 Å². The van der Waals surface area contributed by atoms with Crippen molar-refractivity contribution in [1.29, 1.82) is 0 Å². The molecule has 0 spiro atoms. The van der Waals surface area contributed by atoms with Crippen LogP contribution in [0.1, 0.15) is 38.8 Å². The molecule has 5 aromatic rings. The van der Waals surface area contributed by atoms with Crippen molar-refractivity contribution < 1.29 is 52.7 Å². The topological polar surface area (TPSA) is 214 Å². The van der Waals surface area contributed by atoms with Crippen molar-refractivity contribution in [1.82, 2.24) is 14.5 Å². The minimum Gasteiger partial charge on any atom is -0.502 e. The van der Waals surface area contributed by atoms with Gasteiger partial charge in [0.15, 0.2) is 23.5 Å². The lowest BCUT2D eigenvalue weighted by molar-refractivity contribution is -0.120. The number of aliphatic hydroxyl groups excluding tert-OH is 1. The average Bonchev–Trinajstić information content (AvgIpc) is 3.63. The van der Waals surface area contributed by atoms with Gasteiger partial charge in [0.05, 0.1) is 20.8 Å². The number of phenols is 1. The normalized spacial score (nSPS) is 22.1. The van der Waals surface area contributed by atoms with E-state index in [0.717, 1.165) is 10.1 Å². The fourth-order valence-corrected chi connectivity index (χ4v) is 7.56. The maximum absolute atomic E-state index is 14.3. The summed E-state index contributed by atoms with van der Waals surface area (Å²) >= 11 is 0. The smallest absolute Gasteiger partial charge is 0.351 e. The molecule has 17 heteroatoms. The molecule has 3 heterocycles. The fourth-order valence-electron chi connectivity index (χ4n) is 7.04. The third-order valence-electron chi connectivity index (χ3n) is 9.65. The number of hydrogen-bond donors (Lipinski definition) is 4. The number of carbonyl (C=O) groups excluding carboxylic acids is 1. The van der Waals surface area contributed by atoms with Gasteiger partial charge in [0.1, 0.15) is 36.5 Å². The largest absolute Gasteiger partial charge is 0.502 e. The number of methoxy groups -OCH3 is 2. The van der Waals surface area contributed by atoms with Crippen LogP contribution < -0.4 is 25.6 Å². The van der Waals surface area contributed by atoms with Crippen LogP contribution in [-0.4, -0.2) is 74.6 Å². The minimum absolute atomic E-state index is 0.0306. The Labute approximate surface area is 321 Å². The molecule has 16 nitrogen and oxygen atoms in total. The molecule has 6 atom stereocenters. The molecular weight excluding hydrogens is 747 g/mol. The summed E-state index contributed by atoms with van der Waals surface area (Å²) in [5.41, 5.74) is 6.47. The lowest BCUT2D eigenvalue weighted by atomic mass is 9.93. The number of aromatic hydroxyl groups is 1. The Morgan fingerprint density at radius 2 is 1.61 bits per heavy atom. The van der Waals surface area contributed by atoms with Gasteiger partial charge >= 0.3 is 13.9 Å². The first-order valence-corrected chi connectivity index (χ1v) is 18.6. The maximum Gasteiger partial charge on any atom is 0.351 e. The van der Waals surface area contributed by atoms with Crippen LogP contribution in [0.4, 0.5) is 5.82 Å². The third kappa shape index (κ3) is 7.33. The first kappa shape index (κ1) is 38.5. The number of phenolic OH excluding ortho intramolecular Hbond substituents is 1. The summed E-state index contributed by atoms with van der Waals surface area (Å²) in [7, 11) is -0.684. The Morgan fingerprint density at radius 3 is 2.27 bits per heavy atom. The molecule has 292 valence electrons. The van der Waals surface area contributed by atoms with Gasteiger partial charge in [0.2, 0.25) is 5.75 Å².